The quantitative estimate of drug-likeness (QED) is 0.424. The standard InChI is InChI=1S/C8H15N2O6P/c11-6(5-17(14,15)16)3-10-2-1-9-7(4-10)8(12)13/h7,9H,1-5H2,(H,12,13)(H2,14,15,16). The molecule has 1 atom stereocenters. The Morgan fingerprint density at radius 2 is 2.06 bits per heavy atom. The molecule has 4 N–H and O–H groups in total. The number of rotatable bonds is 5. The van der Waals surface area contributed by atoms with E-state index < -0.39 is 31.6 Å². The van der Waals surface area contributed by atoms with E-state index in [-0.39, 0.29) is 13.1 Å². The Morgan fingerprint density at radius 3 is 2.59 bits per heavy atom. The second kappa shape index (κ2) is 5.70. The fourth-order valence-corrected chi connectivity index (χ4v) is 2.21. The van der Waals surface area contributed by atoms with Crippen molar-refractivity contribution in [2.24, 2.45) is 0 Å². The second-order valence-corrected chi connectivity index (χ2v) is 5.59. The van der Waals surface area contributed by atoms with Gasteiger partial charge in [0.15, 0.2) is 5.78 Å². The minimum absolute atomic E-state index is 0.128. The van der Waals surface area contributed by atoms with E-state index in [0.717, 1.165) is 0 Å². The molecule has 8 nitrogen and oxygen atoms in total. The van der Waals surface area contributed by atoms with Crippen LogP contribution in [0.15, 0.2) is 0 Å². The van der Waals surface area contributed by atoms with E-state index in [1.165, 1.54) is 0 Å². The van der Waals surface area contributed by atoms with Crippen LogP contribution in [0.3, 0.4) is 0 Å². The molecule has 1 aliphatic rings. The molecule has 0 aromatic carbocycles. The van der Waals surface area contributed by atoms with Gasteiger partial charge in [0.1, 0.15) is 12.2 Å². The van der Waals surface area contributed by atoms with E-state index in [0.29, 0.717) is 13.1 Å². The Bertz CT molecular complexity index is 354. The van der Waals surface area contributed by atoms with E-state index in [4.69, 9.17) is 14.9 Å². The number of Topliss-reactive ketones (excluding diaryl/α,β-unsaturated/α-hetero) is 1. The van der Waals surface area contributed by atoms with Crippen molar-refractivity contribution in [3.63, 3.8) is 0 Å². The molecule has 0 radical (unpaired) electrons. The van der Waals surface area contributed by atoms with Crippen LogP contribution in [-0.2, 0) is 14.2 Å². The van der Waals surface area contributed by atoms with Crippen molar-refractivity contribution in [2.45, 2.75) is 6.04 Å². The summed E-state index contributed by atoms with van der Waals surface area (Å²) in [4.78, 5) is 40.8. The summed E-state index contributed by atoms with van der Waals surface area (Å²) < 4.78 is 10.6. The maximum Gasteiger partial charge on any atom is 0.332 e. The molecule has 0 saturated carbocycles. The normalized spacial score (nSPS) is 22.4. The molecule has 0 aliphatic carbocycles. The van der Waals surface area contributed by atoms with Gasteiger partial charge in [-0.1, -0.05) is 0 Å². The summed E-state index contributed by atoms with van der Waals surface area (Å²) in [6.45, 7) is 0.940. The highest BCUT2D eigenvalue weighted by molar-refractivity contribution is 7.52. The lowest BCUT2D eigenvalue weighted by Gasteiger charge is -2.30. The molecule has 1 heterocycles. The van der Waals surface area contributed by atoms with E-state index in [1.807, 2.05) is 0 Å². The van der Waals surface area contributed by atoms with Crippen LogP contribution in [0.4, 0.5) is 0 Å². The summed E-state index contributed by atoms with van der Waals surface area (Å²) in [5.41, 5.74) is 0. The van der Waals surface area contributed by atoms with Gasteiger partial charge < -0.3 is 20.2 Å². The fraction of sp³-hybridized carbons (Fsp3) is 0.750. The summed E-state index contributed by atoms with van der Waals surface area (Å²) in [5, 5.41) is 11.5. The number of piperazine rings is 1. The summed E-state index contributed by atoms with van der Waals surface area (Å²) in [6, 6.07) is -0.744. The van der Waals surface area contributed by atoms with Gasteiger partial charge in [0, 0.05) is 19.6 Å². The average Bonchev–Trinajstić information content (AvgIpc) is 2.14. The van der Waals surface area contributed by atoms with Crippen molar-refractivity contribution in [3.05, 3.63) is 0 Å². The number of carboxylic acids is 1. The lowest BCUT2D eigenvalue weighted by Crippen LogP contribution is -2.55. The summed E-state index contributed by atoms with van der Waals surface area (Å²) in [6.07, 6.45) is -0.797. The monoisotopic (exact) mass is 266 g/mol. The summed E-state index contributed by atoms with van der Waals surface area (Å²) in [5.74, 6) is -1.58. The predicted molar refractivity (Wildman–Crippen MR) is 57.8 cm³/mol. The van der Waals surface area contributed by atoms with Crippen molar-refractivity contribution in [3.8, 4) is 0 Å². The van der Waals surface area contributed by atoms with E-state index >= 15 is 0 Å². The van der Waals surface area contributed by atoms with E-state index in [9.17, 15) is 14.2 Å². The molecule has 98 valence electrons. The molecule has 0 bridgehead atoms. The van der Waals surface area contributed by atoms with Crippen LogP contribution in [0.5, 0.6) is 0 Å². The van der Waals surface area contributed by atoms with Crippen molar-refractivity contribution >= 4 is 19.3 Å². The molecule has 0 aromatic rings. The highest BCUT2D eigenvalue weighted by atomic mass is 31.2. The Balaban J connectivity index is 2.44. The lowest BCUT2D eigenvalue weighted by molar-refractivity contribution is -0.141. The lowest BCUT2D eigenvalue weighted by atomic mass is 10.2. The Hall–Kier alpha value is -0.790. The smallest absolute Gasteiger partial charge is 0.332 e. The highest BCUT2D eigenvalue weighted by Gasteiger charge is 2.27. The number of carboxylic acid groups (broad SMARTS) is 1. The van der Waals surface area contributed by atoms with Crippen molar-refractivity contribution < 1.29 is 29.0 Å². The Labute approximate surface area is 97.8 Å². The van der Waals surface area contributed by atoms with Crippen LogP contribution in [0.25, 0.3) is 0 Å². The third-order valence-corrected chi connectivity index (χ3v) is 3.10. The predicted octanol–water partition coefficient (Wildman–Crippen LogP) is -1.91. The van der Waals surface area contributed by atoms with Crippen LogP contribution in [0.2, 0.25) is 0 Å². The van der Waals surface area contributed by atoms with Gasteiger partial charge in [-0.2, -0.15) is 0 Å². The van der Waals surface area contributed by atoms with Crippen LogP contribution < -0.4 is 5.32 Å². The first kappa shape index (κ1) is 14.3. The van der Waals surface area contributed by atoms with Gasteiger partial charge in [-0.3, -0.25) is 19.1 Å². The van der Waals surface area contributed by atoms with Crippen molar-refractivity contribution in [1.29, 1.82) is 0 Å². The Morgan fingerprint density at radius 1 is 1.41 bits per heavy atom. The van der Waals surface area contributed by atoms with Crippen molar-refractivity contribution in [1.82, 2.24) is 10.2 Å². The SMILES string of the molecule is O=C(CN1CCNC(C(=O)O)C1)CP(=O)(O)O. The summed E-state index contributed by atoms with van der Waals surface area (Å²) >= 11 is 0. The molecular formula is C8H15N2O6P. The van der Waals surface area contributed by atoms with Gasteiger partial charge >= 0.3 is 13.6 Å². The van der Waals surface area contributed by atoms with E-state index in [1.54, 1.807) is 4.90 Å². The molecule has 1 aliphatic heterocycles. The molecule has 1 saturated heterocycles. The molecule has 1 rings (SSSR count). The third kappa shape index (κ3) is 5.38. The molecule has 9 heteroatoms. The molecular weight excluding hydrogens is 251 g/mol. The molecule has 0 aromatic heterocycles. The number of nitrogens with one attached hydrogen (secondary N) is 1. The molecule has 1 fully saturated rings. The van der Waals surface area contributed by atoms with Gasteiger partial charge in [-0.05, 0) is 0 Å². The number of aliphatic carboxylic acids is 1. The number of carbonyl (C=O) groups is 2. The molecule has 17 heavy (non-hydrogen) atoms. The molecule has 0 spiro atoms. The topological polar surface area (TPSA) is 127 Å². The minimum atomic E-state index is -4.33. The number of hydrogen-bond donors (Lipinski definition) is 4. The zero-order chi connectivity index (χ0) is 13.1. The first-order valence-corrected chi connectivity index (χ1v) is 6.82. The summed E-state index contributed by atoms with van der Waals surface area (Å²) in [7, 11) is -4.33. The minimum Gasteiger partial charge on any atom is -0.480 e. The second-order valence-electron chi connectivity index (χ2n) is 3.94. The molecule has 1 unspecified atom stereocenters. The molecule has 0 amide bonds. The van der Waals surface area contributed by atoms with E-state index in [2.05, 4.69) is 5.32 Å². The van der Waals surface area contributed by atoms with Crippen molar-refractivity contribution in [2.75, 3.05) is 32.3 Å². The zero-order valence-corrected chi connectivity index (χ0v) is 9.97. The Kier molecular flexibility index (Phi) is 4.79. The number of carbonyl (C=O) groups excluding carboxylic acids is 1. The maximum absolute atomic E-state index is 11.3. The third-order valence-electron chi connectivity index (χ3n) is 2.34. The van der Waals surface area contributed by atoms with Gasteiger partial charge in [0.05, 0.1) is 6.54 Å². The zero-order valence-electron chi connectivity index (χ0n) is 9.07. The highest BCUT2D eigenvalue weighted by Crippen LogP contribution is 2.33. The fourth-order valence-electron chi connectivity index (χ4n) is 1.65. The van der Waals surface area contributed by atoms with Crippen LogP contribution in [-0.4, -0.2) is 69.9 Å². The number of ketones is 1. The van der Waals surface area contributed by atoms with Crippen LogP contribution >= 0.6 is 7.60 Å². The van der Waals surface area contributed by atoms with Gasteiger partial charge in [-0.25, -0.2) is 0 Å². The number of hydrogen-bond acceptors (Lipinski definition) is 5. The largest absolute Gasteiger partial charge is 0.480 e. The van der Waals surface area contributed by atoms with Crippen LogP contribution in [0.1, 0.15) is 0 Å². The maximum atomic E-state index is 11.3. The first-order chi connectivity index (χ1) is 7.78. The van der Waals surface area contributed by atoms with Gasteiger partial charge in [-0.15, -0.1) is 0 Å². The average molecular weight is 266 g/mol. The first-order valence-electron chi connectivity index (χ1n) is 5.03. The van der Waals surface area contributed by atoms with Gasteiger partial charge in [0.25, 0.3) is 0 Å². The van der Waals surface area contributed by atoms with Crippen LogP contribution in [0, 0.1) is 0 Å². The number of nitrogens with zero attached hydrogens (tertiary/aromatic N) is 1. The van der Waals surface area contributed by atoms with Gasteiger partial charge in [0.2, 0.25) is 0 Å².